The zero-order chi connectivity index (χ0) is 31.9. The monoisotopic (exact) mass is 757 g/mol. The minimum atomic E-state index is -0.433. The van der Waals surface area contributed by atoms with Crippen molar-refractivity contribution in [2.45, 2.75) is 25.5 Å². The van der Waals surface area contributed by atoms with Gasteiger partial charge in [-0.05, 0) is 81.9 Å². The lowest BCUT2D eigenvalue weighted by Gasteiger charge is -2.31. The van der Waals surface area contributed by atoms with Crippen LogP contribution in [0.1, 0.15) is 40.3 Å². The van der Waals surface area contributed by atoms with Gasteiger partial charge in [-0.25, -0.2) is 4.99 Å². The molecule has 46 heavy (non-hydrogen) atoms. The zero-order valence-corrected chi connectivity index (χ0v) is 28.4. The van der Waals surface area contributed by atoms with Crippen molar-refractivity contribution in [2.75, 3.05) is 7.11 Å². The number of rotatable bonds is 7. The van der Waals surface area contributed by atoms with Crippen LogP contribution in [0.4, 0.5) is 5.69 Å². The van der Waals surface area contributed by atoms with Gasteiger partial charge in [0.2, 0.25) is 0 Å². The fraction of sp³-hybridized carbons (Fsp3) is 0.143. The predicted molar refractivity (Wildman–Crippen MR) is 185 cm³/mol. The molecule has 0 bridgehead atoms. The normalized spacial score (nSPS) is 15.5. The Morgan fingerprint density at radius 1 is 1.04 bits per heavy atom. The number of benzene rings is 4. The Balaban J connectivity index is 1.37. The second kappa shape index (κ2) is 12.5. The highest BCUT2D eigenvalue weighted by molar-refractivity contribution is 9.11. The third-order valence-corrected chi connectivity index (χ3v) is 10.2. The summed E-state index contributed by atoms with van der Waals surface area (Å²) in [5.74, 6) is 1.26. The maximum Gasteiger partial charge on any atom is 0.271 e. The fourth-order valence-corrected chi connectivity index (χ4v) is 8.41. The average Bonchev–Trinajstić information content (AvgIpc) is 3.37. The van der Waals surface area contributed by atoms with Gasteiger partial charge in [-0.1, -0.05) is 69.7 Å². The Morgan fingerprint density at radius 3 is 2.59 bits per heavy atom. The van der Waals surface area contributed by atoms with Crippen LogP contribution in [-0.4, -0.2) is 16.6 Å². The second-order valence-corrected chi connectivity index (χ2v) is 13.7. The van der Waals surface area contributed by atoms with Crippen LogP contribution < -0.4 is 24.4 Å². The minimum Gasteiger partial charge on any atom is -0.496 e. The van der Waals surface area contributed by atoms with Gasteiger partial charge in [0, 0.05) is 33.3 Å². The smallest absolute Gasteiger partial charge is 0.271 e. The molecule has 5 aromatic rings. The number of halogens is 2. The number of methoxy groups -OCH3 is 1. The van der Waals surface area contributed by atoms with Crippen molar-refractivity contribution in [1.29, 1.82) is 0 Å². The number of aromatic nitrogens is 1. The van der Waals surface area contributed by atoms with E-state index < -0.39 is 4.92 Å². The number of ether oxygens (including phenoxy) is 2. The summed E-state index contributed by atoms with van der Waals surface area (Å²) in [4.78, 5) is 30.7. The van der Waals surface area contributed by atoms with Crippen LogP contribution in [0, 0.1) is 10.1 Å². The third kappa shape index (κ3) is 5.52. The summed E-state index contributed by atoms with van der Waals surface area (Å²) < 4.78 is 15.8. The molecule has 2 aliphatic rings. The van der Waals surface area contributed by atoms with Crippen LogP contribution in [-0.2, 0) is 13.0 Å². The number of non-ortho nitro benzene ring substituents is 1. The van der Waals surface area contributed by atoms with E-state index in [-0.39, 0.29) is 23.9 Å². The van der Waals surface area contributed by atoms with E-state index in [0.29, 0.717) is 30.9 Å². The first-order valence-corrected chi connectivity index (χ1v) is 16.8. The predicted octanol–water partition coefficient (Wildman–Crippen LogP) is 7.34. The molecule has 8 nitrogen and oxygen atoms in total. The SMILES string of the molecule is COc1ccccc1[C@H]1C2=C(N=c3s/c(=C/c4cc(Br)cc(Br)c4OCc4ccc([N+](=O)[O-])cc4)c(=O)n31)c1ccccc1CC2. The van der Waals surface area contributed by atoms with Crippen molar-refractivity contribution in [1.82, 2.24) is 4.57 Å². The number of nitrogens with zero attached hydrogens (tertiary/aromatic N) is 3. The van der Waals surface area contributed by atoms with E-state index in [1.54, 1.807) is 23.8 Å². The van der Waals surface area contributed by atoms with Crippen LogP contribution >= 0.6 is 43.2 Å². The molecule has 0 N–H and O–H groups in total. The number of para-hydroxylation sites is 1. The third-order valence-electron chi connectivity index (χ3n) is 8.16. The molecule has 1 aliphatic carbocycles. The van der Waals surface area contributed by atoms with Gasteiger partial charge in [0.15, 0.2) is 4.80 Å². The van der Waals surface area contributed by atoms with E-state index in [4.69, 9.17) is 14.5 Å². The van der Waals surface area contributed by atoms with Gasteiger partial charge in [-0.2, -0.15) is 0 Å². The summed E-state index contributed by atoms with van der Waals surface area (Å²) in [6.07, 6.45) is 3.48. The van der Waals surface area contributed by atoms with Gasteiger partial charge < -0.3 is 9.47 Å². The summed E-state index contributed by atoms with van der Waals surface area (Å²) >= 11 is 8.54. The van der Waals surface area contributed by atoms with E-state index in [0.717, 1.165) is 45.3 Å². The van der Waals surface area contributed by atoms with Gasteiger partial charge in [0.1, 0.15) is 18.1 Å². The summed E-state index contributed by atoms with van der Waals surface area (Å²) in [6.45, 7) is 0.181. The van der Waals surface area contributed by atoms with Gasteiger partial charge >= 0.3 is 0 Å². The Labute approximate surface area is 284 Å². The Hall–Kier alpha value is -4.32. The average molecular weight is 759 g/mol. The molecule has 0 saturated carbocycles. The summed E-state index contributed by atoms with van der Waals surface area (Å²) in [5, 5.41) is 11.1. The molecular weight excluding hydrogens is 734 g/mol. The molecule has 1 aliphatic heterocycles. The van der Waals surface area contributed by atoms with Crippen LogP contribution in [0.2, 0.25) is 0 Å². The quantitative estimate of drug-likeness (QED) is 0.128. The first-order valence-electron chi connectivity index (χ1n) is 14.4. The van der Waals surface area contributed by atoms with Crippen LogP contribution in [0.15, 0.2) is 109 Å². The van der Waals surface area contributed by atoms with Crippen molar-refractivity contribution < 1.29 is 14.4 Å². The maximum absolute atomic E-state index is 14.4. The van der Waals surface area contributed by atoms with E-state index in [9.17, 15) is 14.9 Å². The number of hydrogen-bond donors (Lipinski definition) is 0. The lowest BCUT2D eigenvalue weighted by atomic mass is 9.83. The number of hydrogen-bond acceptors (Lipinski definition) is 7. The van der Waals surface area contributed by atoms with Gasteiger partial charge in [-0.3, -0.25) is 19.5 Å². The number of aryl methyl sites for hydroxylation is 1. The molecule has 0 spiro atoms. The van der Waals surface area contributed by atoms with Crippen molar-refractivity contribution in [3.8, 4) is 11.5 Å². The fourth-order valence-electron chi connectivity index (χ4n) is 6.04. The van der Waals surface area contributed by atoms with Crippen LogP contribution in [0.3, 0.4) is 0 Å². The molecule has 0 radical (unpaired) electrons. The zero-order valence-electron chi connectivity index (χ0n) is 24.4. The number of fused-ring (bicyclic) bond motifs is 3. The molecule has 1 aromatic heterocycles. The Morgan fingerprint density at radius 2 is 1.80 bits per heavy atom. The summed E-state index contributed by atoms with van der Waals surface area (Å²) in [7, 11) is 1.65. The summed E-state index contributed by atoms with van der Waals surface area (Å²) in [5.41, 5.74) is 6.60. The van der Waals surface area contributed by atoms with E-state index in [1.165, 1.54) is 29.0 Å². The maximum atomic E-state index is 14.4. The van der Waals surface area contributed by atoms with Crippen LogP contribution in [0.5, 0.6) is 11.5 Å². The largest absolute Gasteiger partial charge is 0.496 e. The number of nitro groups is 1. The van der Waals surface area contributed by atoms with E-state index in [1.807, 2.05) is 48.5 Å². The molecule has 0 unspecified atom stereocenters. The van der Waals surface area contributed by atoms with E-state index >= 15 is 0 Å². The highest BCUT2D eigenvalue weighted by Gasteiger charge is 2.34. The van der Waals surface area contributed by atoms with Crippen molar-refractivity contribution in [3.05, 3.63) is 157 Å². The first kappa shape index (κ1) is 30.3. The topological polar surface area (TPSA) is 96.0 Å². The molecule has 0 fully saturated rings. The van der Waals surface area contributed by atoms with Crippen molar-refractivity contribution in [2.24, 2.45) is 4.99 Å². The lowest BCUT2D eigenvalue weighted by molar-refractivity contribution is -0.384. The van der Waals surface area contributed by atoms with E-state index in [2.05, 4.69) is 50.1 Å². The molecule has 2 heterocycles. The number of nitro benzene ring substituents is 1. The standard InChI is InChI=1S/C35H25Br2N3O5S/c1-44-29-9-5-4-8-26(29)32-27-15-12-21-6-2-3-7-25(21)31(27)38-35-39(32)34(41)30(46-35)17-22-16-23(36)18-28(37)33(22)45-19-20-10-13-24(14-11-20)40(42)43/h2-11,13-14,16-18,32H,12,15,19H2,1H3/b30-17+/t32-/m0/s1. The number of thiazole rings is 1. The van der Waals surface area contributed by atoms with Crippen molar-refractivity contribution in [3.63, 3.8) is 0 Å². The molecule has 4 aromatic carbocycles. The molecule has 230 valence electrons. The molecule has 1 atom stereocenters. The first-order chi connectivity index (χ1) is 22.3. The second-order valence-electron chi connectivity index (χ2n) is 10.9. The molecule has 0 amide bonds. The van der Waals surface area contributed by atoms with Gasteiger partial charge in [0.05, 0.1) is 32.8 Å². The Bertz CT molecular complexity index is 2240. The molecular formula is C35H25Br2N3O5S. The molecule has 7 rings (SSSR count). The minimum absolute atomic E-state index is 0.0150. The number of allylic oxidation sites excluding steroid dienone is 1. The van der Waals surface area contributed by atoms with Crippen LogP contribution in [0.25, 0.3) is 11.8 Å². The molecule has 0 saturated heterocycles. The molecule has 11 heteroatoms. The Kier molecular flexibility index (Phi) is 8.22. The lowest BCUT2D eigenvalue weighted by Crippen LogP contribution is -2.39. The van der Waals surface area contributed by atoms with Gasteiger partial charge in [-0.15, -0.1) is 0 Å². The summed E-state index contributed by atoms with van der Waals surface area (Å²) in [6, 6.07) is 25.8. The highest BCUT2D eigenvalue weighted by Crippen LogP contribution is 2.43. The van der Waals surface area contributed by atoms with Gasteiger partial charge in [0.25, 0.3) is 11.2 Å². The van der Waals surface area contributed by atoms with Crippen molar-refractivity contribution >= 4 is 60.7 Å². The highest BCUT2D eigenvalue weighted by atomic mass is 79.9.